The number of rotatable bonds is 3. The zero-order chi connectivity index (χ0) is 12.4. The van der Waals surface area contributed by atoms with Crippen LogP contribution < -0.4 is 14.8 Å². The van der Waals surface area contributed by atoms with Gasteiger partial charge < -0.3 is 14.8 Å². The molecule has 0 spiro atoms. The summed E-state index contributed by atoms with van der Waals surface area (Å²) in [5, 5.41) is 3.56. The molecule has 0 aliphatic carbocycles. The number of hydrogen-bond acceptors (Lipinski definition) is 3. The molecule has 2 atom stereocenters. The fourth-order valence-corrected chi connectivity index (χ4v) is 2.52. The lowest BCUT2D eigenvalue weighted by atomic mass is 9.97. The minimum atomic E-state index is 0.449. The number of benzene rings is 1. The monoisotopic (exact) mass is 235 g/mol. The van der Waals surface area contributed by atoms with E-state index in [4.69, 9.17) is 9.47 Å². The molecular weight excluding hydrogens is 214 g/mol. The maximum Gasteiger partial charge on any atom is 0.161 e. The highest BCUT2D eigenvalue weighted by Gasteiger charge is 2.24. The molecule has 1 saturated heterocycles. The molecular formula is C14H21NO2. The molecule has 1 aromatic rings. The zero-order valence-corrected chi connectivity index (χ0v) is 11.0. The Morgan fingerprint density at radius 3 is 2.35 bits per heavy atom. The van der Waals surface area contributed by atoms with Gasteiger partial charge in [0.25, 0.3) is 0 Å². The topological polar surface area (TPSA) is 30.5 Å². The van der Waals surface area contributed by atoms with Crippen molar-refractivity contribution < 1.29 is 9.47 Å². The number of ether oxygens (including phenoxy) is 2. The van der Waals surface area contributed by atoms with Crippen molar-refractivity contribution in [3.63, 3.8) is 0 Å². The quantitative estimate of drug-likeness (QED) is 0.873. The van der Waals surface area contributed by atoms with E-state index < -0.39 is 0 Å². The Balaban J connectivity index is 2.34. The van der Waals surface area contributed by atoms with Crippen molar-refractivity contribution in [2.75, 3.05) is 20.8 Å². The van der Waals surface area contributed by atoms with Crippen LogP contribution in [0.5, 0.6) is 11.5 Å². The molecule has 17 heavy (non-hydrogen) atoms. The lowest BCUT2D eigenvalue weighted by Crippen LogP contribution is -2.14. The van der Waals surface area contributed by atoms with Crippen molar-refractivity contribution in [1.82, 2.24) is 5.32 Å². The predicted molar refractivity (Wildman–Crippen MR) is 68.8 cm³/mol. The molecule has 0 radical (unpaired) electrons. The van der Waals surface area contributed by atoms with Gasteiger partial charge in [0.05, 0.1) is 14.2 Å². The van der Waals surface area contributed by atoms with Gasteiger partial charge in [0.15, 0.2) is 11.5 Å². The summed E-state index contributed by atoms with van der Waals surface area (Å²) in [6.45, 7) is 5.50. The van der Waals surface area contributed by atoms with Crippen LogP contribution in [0.25, 0.3) is 0 Å². The summed E-state index contributed by atoms with van der Waals surface area (Å²) in [7, 11) is 3.36. The van der Waals surface area contributed by atoms with Gasteiger partial charge in [-0.3, -0.25) is 0 Å². The van der Waals surface area contributed by atoms with Crippen molar-refractivity contribution >= 4 is 0 Å². The molecule has 2 rings (SSSR count). The second-order valence-electron chi connectivity index (χ2n) is 4.87. The van der Waals surface area contributed by atoms with E-state index in [0.29, 0.717) is 6.04 Å². The van der Waals surface area contributed by atoms with E-state index in [1.54, 1.807) is 14.2 Å². The van der Waals surface area contributed by atoms with Gasteiger partial charge in [0.1, 0.15) is 0 Å². The van der Waals surface area contributed by atoms with Crippen LogP contribution in [-0.2, 0) is 0 Å². The van der Waals surface area contributed by atoms with Gasteiger partial charge >= 0.3 is 0 Å². The lowest BCUT2D eigenvalue weighted by molar-refractivity contribution is 0.353. The van der Waals surface area contributed by atoms with Gasteiger partial charge in [0.2, 0.25) is 0 Å². The fourth-order valence-electron chi connectivity index (χ4n) is 2.52. The van der Waals surface area contributed by atoms with Gasteiger partial charge in [-0.15, -0.1) is 0 Å². The van der Waals surface area contributed by atoms with E-state index in [-0.39, 0.29) is 0 Å². The third-order valence-electron chi connectivity index (χ3n) is 3.50. The maximum atomic E-state index is 5.37. The second-order valence-corrected chi connectivity index (χ2v) is 4.87. The van der Waals surface area contributed by atoms with E-state index in [1.165, 1.54) is 17.5 Å². The van der Waals surface area contributed by atoms with Gasteiger partial charge in [0, 0.05) is 6.04 Å². The average molecular weight is 235 g/mol. The van der Waals surface area contributed by atoms with Crippen LogP contribution in [0.15, 0.2) is 12.1 Å². The van der Waals surface area contributed by atoms with Crippen LogP contribution in [0.2, 0.25) is 0 Å². The van der Waals surface area contributed by atoms with Crippen LogP contribution >= 0.6 is 0 Å². The zero-order valence-electron chi connectivity index (χ0n) is 11.0. The number of hydrogen-bond donors (Lipinski definition) is 1. The highest BCUT2D eigenvalue weighted by molar-refractivity contribution is 5.48. The van der Waals surface area contributed by atoms with Gasteiger partial charge in [-0.25, -0.2) is 0 Å². The van der Waals surface area contributed by atoms with E-state index in [9.17, 15) is 0 Å². The summed E-state index contributed by atoms with van der Waals surface area (Å²) < 4.78 is 10.7. The summed E-state index contributed by atoms with van der Waals surface area (Å²) in [6.07, 6.45) is 1.19. The Morgan fingerprint density at radius 1 is 1.18 bits per heavy atom. The second kappa shape index (κ2) is 4.96. The molecule has 3 heteroatoms. The molecule has 0 bridgehead atoms. The lowest BCUT2D eigenvalue weighted by Gasteiger charge is -2.17. The molecule has 1 aliphatic rings. The van der Waals surface area contributed by atoms with Crippen LogP contribution in [0, 0.1) is 12.8 Å². The van der Waals surface area contributed by atoms with E-state index in [0.717, 1.165) is 24.0 Å². The maximum absolute atomic E-state index is 5.37. The normalized spacial score (nSPS) is 23.8. The first kappa shape index (κ1) is 12.2. The summed E-state index contributed by atoms with van der Waals surface area (Å²) in [5.41, 5.74) is 2.58. The molecule has 0 aromatic heterocycles. The number of aryl methyl sites for hydroxylation is 1. The highest BCUT2D eigenvalue weighted by Crippen LogP contribution is 2.36. The van der Waals surface area contributed by atoms with E-state index in [1.807, 2.05) is 0 Å². The Kier molecular flexibility index (Phi) is 3.57. The average Bonchev–Trinajstić information content (AvgIpc) is 2.75. The predicted octanol–water partition coefficient (Wildman–Crippen LogP) is 2.68. The summed E-state index contributed by atoms with van der Waals surface area (Å²) in [4.78, 5) is 0. The van der Waals surface area contributed by atoms with Crippen molar-refractivity contribution in [1.29, 1.82) is 0 Å². The third kappa shape index (κ3) is 2.39. The smallest absolute Gasteiger partial charge is 0.161 e. The van der Waals surface area contributed by atoms with Crippen molar-refractivity contribution in [2.45, 2.75) is 26.3 Å². The molecule has 1 fully saturated rings. The van der Waals surface area contributed by atoms with Crippen LogP contribution in [0.3, 0.4) is 0 Å². The van der Waals surface area contributed by atoms with Gasteiger partial charge in [-0.2, -0.15) is 0 Å². The minimum Gasteiger partial charge on any atom is -0.493 e. The number of nitrogens with one attached hydrogen (secondary N) is 1. The first-order chi connectivity index (χ1) is 8.15. The van der Waals surface area contributed by atoms with Gasteiger partial charge in [-0.1, -0.05) is 6.92 Å². The SMILES string of the molecule is COc1cc(C)c([C@H]2C[C@H](C)CN2)cc1OC. The van der Waals surface area contributed by atoms with Crippen LogP contribution in [-0.4, -0.2) is 20.8 Å². The van der Waals surface area contributed by atoms with Crippen molar-refractivity contribution in [3.8, 4) is 11.5 Å². The summed E-state index contributed by atoms with van der Waals surface area (Å²) >= 11 is 0. The standard InChI is InChI=1S/C14H21NO2/c1-9-5-12(15-8-9)11-7-14(17-4)13(16-3)6-10(11)2/h6-7,9,12,15H,5,8H2,1-4H3/t9-,12+/m0/s1. The molecule has 0 saturated carbocycles. The summed E-state index contributed by atoms with van der Waals surface area (Å²) in [6, 6.07) is 4.60. The first-order valence-electron chi connectivity index (χ1n) is 6.11. The largest absolute Gasteiger partial charge is 0.493 e. The minimum absolute atomic E-state index is 0.449. The third-order valence-corrected chi connectivity index (χ3v) is 3.50. The van der Waals surface area contributed by atoms with Crippen molar-refractivity contribution in [3.05, 3.63) is 23.3 Å². The molecule has 1 N–H and O–H groups in total. The molecule has 0 amide bonds. The van der Waals surface area contributed by atoms with E-state index in [2.05, 4.69) is 31.3 Å². The summed E-state index contributed by atoms with van der Waals surface area (Å²) in [5.74, 6) is 2.36. The van der Waals surface area contributed by atoms with Gasteiger partial charge in [-0.05, 0) is 49.1 Å². The fraction of sp³-hybridized carbons (Fsp3) is 0.571. The molecule has 94 valence electrons. The Hall–Kier alpha value is -1.22. The molecule has 1 aromatic carbocycles. The first-order valence-corrected chi connectivity index (χ1v) is 6.11. The van der Waals surface area contributed by atoms with Crippen LogP contribution in [0.4, 0.5) is 0 Å². The highest BCUT2D eigenvalue weighted by atomic mass is 16.5. The van der Waals surface area contributed by atoms with Crippen molar-refractivity contribution in [2.24, 2.45) is 5.92 Å². The molecule has 1 heterocycles. The molecule has 1 aliphatic heterocycles. The Morgan fingerprint density at radius 2 is 1.82 bits per heavy atom. The molecule has 3 nitrogen and oxygen atoms in total. The van der Waals surface area contributed by atoms with Crippen LogP contribution in [0.1, 0.15) is 30.5 Å². The van der Waals surface area contributed by atoms with E-state index >= 15 is 0 Å². The molecule has 0 unspecified atom stereocenters. The Labute approximate surface area is 103 Å². The Bertz CT molecular complexity index is 403. The number of methoxy groups -OCH3 is 2.